The summed E-state index contributed by atoms with van der Waals surface area (Å²) in [5.74, 6) is 0. The number of hydrogen-bond donors (Lipinski definition) is 1. The van der Waals surface area contributed by atoms with Gasteiger partial charge in [0.05, 0.1) is 0 Å². The molecule has 0 heterocycles. The van der Waals surface area contributed by atoms with Gasteiger partial charge in [-0.1, -0.05) is 98.5 Å². The molecule has 0 spiro atoms. The molecular weight excluding hydrogens is 326 g/mol. The summed E-state index contributed by atoms with van der Waals surface area (Å²) >= 11 is 0. The third-order valence-electron chi connectivity index (χ3n) is 4.31. The number of rotatable bonds is 7. The number of anilines is 1. The fourth-order valence-electron chi connectivity index (χ4n) is 2.86. The molecule has 0 bridgehead atoms. The van der Waals surface area contributed by atoms with Crippen molar-refractivity contribution in [3.63, 3.8) is 0 Å². The smallest absolute Gasteiger partial charge is 0.0384 e. The van der Waals surface area contributed by atoms with Crippen LogP contribution in [0.15, 0.2) is 115 Å². The van der Waals surface area contributed by atoms with Gasteiger partial charge in [0.15, 0.2) is 0 Å². The summed E-state index contributed by atoms with van der Waals surface area (Å²) in [4.78, 5) is 0. The average Bonchev–Trinajstić information content (AvgIpc) is 2.74. The second-order valence-electron chi connectivity index (χ2n) is 6.36. The Morgan fingerprint density at radius 1 is 0.778 bits per heavy atom. The highest BCUT2D eigenvalue weighted by Gasteiger charge is 1.99. The maximum Gasteiger partial charge on any atom is 0.0384 e. The van der Waals surface area contributed by atoms with Crippen LogP contribution in [0, 0.1) is 0 Å². The van der Waals surface area contributed by atoms with E-state index in [0.29, 0.717) is 0 Å². The number of hydrogen-bond acceptors (Lipinski definition) is 1. The average molecular weight is 351 g/mol. The third-order valence-corrected chi connectivity index (χ3v) is 4.31. The Morgan fingerprint density at radius 3 is 2.00 bits per heavy atom. The zero-order valence-corrected chi connectivity index (χ0v) is 15.7. The van der Waals surface area contributed by atoms with Gasteiger partial charge < -0.3 is 5.32 Å². The molecule has 3 aromatic carbocycles. The molecule has 0 aliphatic carbocycles. The maximum absolute atomic E-state index is 4.17. The van der Waals surface area contributed by atoms with Gasteiger partial charge in [-0.3, -0.25) is 0 Å². The normalized spacial score (nSPS) is 11.5. The molecule has 134 valence electrons. The highest BCUT2D eigenvalue weighted by molar-refractivity contribution is 5.73. The lowest BCUT2D eigenvalue weighted by molar-refractivity contribution is 1.20. The van der Waals surface area contributed by atoms with Crippen molar-refractivity contribution in [1.29, 1.82) is 0 Å². The molecule has 0 aliphatic heterocycles. The highest BCUT2D eigenvalue weighted by Crippen LogP contribution is 2.22. The van der Waals surface area contributed by atoms with Gasteiger partial charge in [0, 0.05) is 11.4 Å². The maximum atomic E-state index is 4.17. The SMILES string of the molecule is C=C(/C=C\C(=C/CC)Nc1ccc(-c2ccccc2)cc1)c1ccccc1. The number of benzene rings is 3. The van der Waals surface area contributed by atoms with Crippen LogP contribution >= 0.6 is 0 Å². The molecule has 27 heavy (non-hydrogen) atoms. The van der Waals surface area contributed by atoms with E-state index in [1.165, 1.54) is 11.1 Å². The van der Waals surface area contributed by atoms with Crippen molar-refractivity contribution in [2.24, 2.45) is 0 Å². The number of allylic oxidation sites excluding steroid dienone is 4. The summed E-state index contributed by atoms with van der Waals surface area (Å²) in [5.41, 5.74) is 6.73. The minimum Gasteiger partial charge on any atom is -0.356 e. The Hall–Kier alpha value is -3.32. The molecular formula is C26H25N. The Morgan fingerprint density at radius 2 is 1.37 bits per heavy atom. The van der Waals surface area contributed by atoms with Crippen molar-refractivity contribution < 1.29 is 0 Å². The van der Waals surface area contributed by atoms with Gasteiger partial charge in [-0.25, -0.2) is 0 Å². The Kier molecular flexibility index (Phi) is 6.43. The standard InChI is InChI=1S/C26H25N/c1-3-10-25(18-15-21(2)22-11-6-4-7-12-22)27-26-19-16-24(17-20-26)23-13-8-5-9-14-23/h4-20,27H,2-3H2,1H3/b18-15-,25-10+. The van der Waals surface area contributed by atoms with Gasteiger partial charge in [-0.2, -0.15) is 0 Å². The van der Waals surface area contributed by atoms with Gasteiger partial charge in [0.2, 0.25) is 0 Å². The molecule has 0 fully saturated rings. The van der Waals surface area contributed by atoms with E-state index in [-0.39, 0.29) is 0 Å². The predicted octanol–water partition coefficient (Wildman–Crippen LogP) is 7.33. The van der Waals surface area contributed by atoms with Crippen molar-refractivity contribution in [3.8, 4) is 11.1 Å². The lowest BCUT2D eigenvalue weighted by Crippen LogP contribution is -1.97. The van der Waals surface area contributed by atoms with E-state index in [1.54, 1.807) is 0 Å². The monoisotopic (exact) mass is 351 g/mol. The Labute approximate surface area is 162 Å². The molecule has 1 nitrogen and oxygen atoms in total. The van der Waals surface area contributed by atoms with Crippen LogP contribution in [0.4, 0.5) is 5.69 Å². The van der Waals surface area contributed by atoms with Gasteiger partial charge in [-0.15, -0.1) is 0 Å². The van der Waals surface area contributed by atoms with Gasteiger partial charge in [0.1, 0.15) is 0 Å². The van der Waals surface area contributed by atoms with Crippen LogP contribution in [0.2, 0.25) is 0 Å². The first-order chi connectivity index (χ1) is 13.3. The predicted molar refractivity (Wildman–Crippen MR) is 118 cm³/mol. The van der Waals surface area contributed by atoms with E-state index < -0.39 is 0 Å². The minimum atomic E-state index is 0.965. The van der Waals surface area contributed by atoms with E-state index in [0.717, 1.165) is 28.9 Å². The molecule has 0 radical (unpaired) electrons. The van der Waals surface area contributed by atoms with Crippen LogP contribution in [0.25, 0.3) is 16.7 Å². The van der Waals surface area contributed by atoms with E-state index >= 15 is 0 Å². The molecule has 0 saturated carbocycles. The highest BCUT2D eigenvalue weighted by atomic mass is 14.9. The van der Waals surface area contributed by atoms with Crippen LogP contribution in [0.5, 0.6) is 0 Å². The quantitative estimate of drug-likeness (QED) is 0.439. The van der Waals surface area contributed by atoms with Crippen molar-refractivity contribution in [2.75, 3.05) is 5.32 Å². The zero-order chi connectivity index (χ0) is 18.9. The lowest BCUT2D eigenvalue weighted by Gasteiger charge is -2.09. The number of nitrogens with one attached hydrogen (secondary N) is 1. The van der Waals surface area contributed by atoms with E-state index in [4.69, 9.17) is 0 Å². The van der Waals surface area contributed by atoms with Crippen LogP contribution in [-0.2, 0) is 0 Å². The summed E-state index contributed by atoms with van der Waals surface area (Å²) in [6.45, 7) is 6.31. The fourth-order valence-corrected chi connectivity index (χ4v) is 2.86. The second kappa shape index (κ2) is 9.40. The summed E-state index contributed by atoms with van der Waals surface area (Å²) in [5, 5.41) is 3.50. The van der Waals surface area contributed by atoms with Crippen molar-refractivity contribution >= 4 is 11.3 Å². The van der Waals surface area contributed by atoms with Crippen LogP contribution in [0.3, 0.4) is 0 Å². The first-order valence-electron chi connectivity index (χ1n) is 9.31. The molecule has 0 aromatic heterocycles. The largest absolute Gasteiger partial charge is 0.356 e. The lowest BCUT2D eigenvalue weighted by atomic mass is 10.1. The zero-order valence-electron chi connectivity index (χ0n) is 15.7. The third kappa shape index (κ3) is 5.32. The van der Waals surface area contributed by atoms with E-state index in [2.05, 4.69) is 97.7 Å². The van der Waals surface area contributed by atoms with Crippen molar-refractivity contribution in [2.45, 2.75) is 13.3 Å². The van der Waals surface area contributed by atoms with E-state index in [1.807, 2.05) is 24.3 Å². The molecule has 0 unspecified atom stereocenters. The Balaban J connectivity index is 1.70. The second-order valence-corrected chi connectivity index (χ2v) is 6.36. The van der Waals surface area contributed by atoms with Crippen molar-refractivity contribution in [3.05, 3.63) is 121 Å². The molecule has 3 aromatic rings. The summed E-state index contributed by atoms with van der Waals surface area (Å²) in [6, 6.07) is 29.2. The first kappa shape index (κ1) is 18.5. The van der Waals surface area contributed by atoms with Crippen LogP contribution in [0.1, 0.15) is 18.9 Å². The van der Waals surface area contributed by atoms with Crippen LogP contribution < -0.4 is 5.32 Å². The fraction of sp³-hybridized carbons (Fsp3) is 0.0769. The van der Waals surface area contributed by atoms with Crippen LogP contribution in [-0.4, -0.2) is 0 Å². The van der Waals surface area contributed by atoms with Gasteiger partial charge in [0.25, 0.3) is 0 Å². The molecule has 0 aliphatic rings. The molecule has 0 atom stereocenters. The molecule has 0 amide bonds. The molecule has 1 heteroatoms. The first-order valence-corrected chi connectivity index (χ1v) is 9.31. The van der Waals surface area contributed by atoms with Gasteiger partial charge in [-0.05, 0) is 46.9 Å². The summed E-state index contributed by atoms with van der Waals surface area (Å²) < 4.78 is 0. The Bertz CT molecular complexity index is 917. The van der Waals surface area contributed by atoms with Gasteiger partial charge >= 0.3 is 0 Å². The minimum absolute atomic E-state index is 0.965. The van der Waals surface area contributed by atoms with E-state index in [9.17, 15) is 0 Å². The summed E-state index contributed by atoms with van der Waals surface area (Å²) in [6.07, 6.45) is 7.29. The molecule has 3 rings (SSSR count). The topological polar surface area (TPSA) is 12.0 Å². The molecule has 1 N–H and O–H groups in total. The summed E-state index contributed by atoms with van der Waals surface area (Å²) in [7, 11) is 0. The molecule has 0 saturated heterocycles. The van der Waals surface area contributed by atoms with Crippen molar-refractivity contribution in [1.82, 2.24) is 0 Å².